The van der Waals surface area contributed by atoms with Crippen molar-refractivity contribution in [2.24, 2.45) is 17.2 Å². The quantitative estimate of drug-likeness (QED) is 0.185. The molecule has 0 aromatic heterocycles. The van der Waals surface area contributed by atoms with E-state index >= 15 is 0 Å². The summed E-state index contributed by atoms with van der Waals surface area (Å²) < 4.78 is 44.5. The maximum Gasteiger partial charge on any atom is 0.492 e. The van der Waals surface area contributed by atoms with E-state index in [4.69, 9.17) is 21.9 Å². The summed E-state index contributed by atoms with van der Waals surface area (Å²) in [6.45, 7) is 0.735. The molecule has 0 saturated carbocycles. The number of carbonyl (C=O) groups is 3. The van der Waals surface area contributed by atoms with Gasteiger partial charge in [0.1, 0.15) is 6.04 Å². The minimum absolute atomic E-state index is 0.000219. The number of carbonyl (C=O) groups excluding carboxylic acids is 3. The molecule has 11 nitrogen and oxygen atoms in total. The number of rotatable bonds is 11. The molecule has 2 aromatic rings. The van der Waals surface area contributed by atoms with Gasteiger partial charge < -0.3 is 42.4 Å². The molecule has 4 rings (SSSR count). The third-order valence-corrected chi connectivity index (χ3v) is 7.87. The fourth-order valence-electron chi connectivity index (χ4n) is 5.48. The molecule has 44 heavy (non-hydrogen) atoms. The Labute approximate surface area is 253 Å². The Bertz CT molecular complexity index is 1310. The monoisotopic (exact) mass is 618 g/mol. The van der Waals surface area contributed by atoms with Crippen LogP contribution in [-0.4, -0.2) is 78.6 Å². The summed E-state index contributed by atoms with van der Waals surface area (Å²) >= 11 is 0. The smallest absolute Gasteiger partial charge is 0.423 e. The van der Waals surface area contributed by atoms with Gasteiger partial charge in [-0.05, 0) is 54.4 Å². The molecule has 9 N–H and O–H groups in total. The summed E-state index contributed by atoms with van der Waals surface area (Å²) in [4.78, 5) is 40.5. The second kappa shape index (κ2) is 14.5. The lowest BCUT2D eigenvalue weighted by atomic mass is 9.79. The average molecular weight is 618 g/mol. The molecule has 3 amide bonds. The second-order valence-electron chi connectivity index (χ2n) is 11.3. The van der Waals surface area contributed by atoms with Crippen molar-refractivity contribution in [2.75, 3.05) is 19.6 Å². The van der Waals surface area contributed by atoms with Crippen LogP contribution in [0.2, 0.25) is 0 Å². The number of amides is 3. The molecule has 5 atom stereocenters. The van der Waals surface area contributed by atoms with Gasteiger partial charge in [0.2, 0.25) is 17.7 Å². The molecule has 1 saturated heterocycles. The normalized spacial score (nSPS) is 21.4. The van der Waals surface area contributed by atoms with E-state index in [1.807, 2.05) is 0 Å². The first-order valence-electron chi connectivity index (χ1n) is 14.5. The Morgan fingerprint density at radius 1 is 1.02 bits per heavy atom. The number of nitrogens with zero attached hydrogens (tertiary/aromatic N) is 1. The Morgan fingerprint density at radius 2 is 1.68 bits per heavy atom. The van der Waals surface area contributed by atoms with Crippen molar-refractivity contribution in [3.05, 3.63) is 65.2 Å². The number of hydrogen-bond acceptors (Lipinski definition) is 8. The van der Waals surface area contributed by atoms with Crippen LogP contribution in [0.15, 0.2) is 48.5 Å². The largest absolute Gasteiger partial charge is 0.492 e. The molecule has 0 spiro atoms. The number of piperidine rings is 1. The minimum Gasteiger partial charge on any atom is -0.423 e. The first-order chi connectivity index (χ1) is 20.8. The molecule has 1 fully saturated rings. The van der Waals surface area contributed by atoms with Crippen LogP contribution in [-0.2, 0) is 31.6 Å². The summed E-state index contributed by atoms with van der Waals surface area (Å²) in [5.41, 5.74) is 19.1. The predicted octanol–water partition coefficient (Wildman–Crippen LogP) is -0.308. The highest BCUT2D eigenvalue weighted by molar-refractivity contribution is 6.61. The van der Waals surface area contributed by atoms with Crippen molar-refractivity contribution in [2.45, 2.75) is 68.6 Å². The summed E-state index contributed by atoms with van der Waals surface area (Å²) in [6.07, 6.45) is -4.25. The van der Waals surface area contributed by atoms with Gasteiger partial charge in [0.05, 0.1) is 17.7 Å². The van der Waals surface area contributed by atoms with E-state index in [9.17, 15) is 32.6 Å². The number of nitrogens with two attached hydrogens (primary N) is 3. The lowest BCUT2D eigenvalue weighted by molar-refractivity contribution is -0.137. The fraction of sp³-hybridized carbons (Fsp3) is 0.483. The van der Waals surface area contributed by atoms with Crippen molar-refractivity contribution < 1.29 is 37.2 Å². The molecular formula is C29H38BF3N6O5. The summed E-state index contributed by atoms with van der Waals surface area (Å²) in [5.74, 6) is -1.45. The van der Waals surface area contributed by atoms with Crippen LogP contribution in [0.3, 0.4) is 0 Å². The van der Waals surface area contributed by atoms with Crippen LogP contribution in [0.4, 0.5) is 13.2 Å². The molecule has 0 bridgehead atoms. The van der Waals surface area contributed by atoms with Crippen molar-refractivity contribution in [3.8, 4) is 0 Å². The van der Waals surface area contributed by atoms with Crippen molar-refractivity contribution >= 4 is 30.3 Å². The highest BCUT2D eigenvalue weighted by Crippen LogP contribution is 2.29. The highest BCUT2D eigenvalue weighted by atomic mass is 19.4. The predicted molar refractivity (Wildman–Crippen MR) is 157 cm³/mol. The topological polar surface area (TPSA) is 186 Å². The number of hydrogen-bond donors (Lipinski definition) is 6. The number of fused-ring (bicyclic) bond motifs is 1. The molecular weight excluding hydrogens is 580 g/mol. The van der Waals surface area contributed by atoms with Crippen molar-refractivity contribution in [3.63, 3.8) is 0 Å². The number of halogens is 3. The zero-order valence-corrected chi connectivity index (χ0v) is 24.1. The van der Waals surface area contributed by atoms with Gasteiger partial charge in [0, 0.05) is 38.1 Å². The lowest BCUT2D eigenvalue weighted by Gasteiger charge is -2.34. The molecule has 1 unspecified atom stereocenters. The third kappa shape index (κ3) is 8.79. The van der Waals surface area contributed by atoms with E-state index < -0.39 is 48.9 Å². The van der Waals surface area contributed by atoms with Gasteiger partial charge >= 0.3 is 13.3 Å². The highest BCUT2D eigenvalue weighted by Gasteiger charge is 2.35. The van der Waals surface area contributed by atoms with Crippen molar-refractivity contribution in [1.29, 1.82) is 0 Å². The van der Waals surface area contributed by atoms with E-state index in [0.717, 1.165) is 12.1 Å². The molecule has 15 heteroatoms. The zero-order valence-electron chi connectivity index (χ0n) is 24.1. The van der Waals surface area contributed by atoms with Crippen LogP contribution in [0.25, 0.3) is 0 Å². The number of likely N-dealkylation sites (tertiary alicyclic amines) is 1. The molecule has 2 aliphatic rings. The fourth-order valence-corrected chi connectivity index (χ4v) is 5.48. The number of nitrogens with one attached hydrogen (secondary N) is 2. The van der Waals surface area contributed by atoms with Gasteiger partial charge in [-0.1, -0.05) is 36.4 Å². The van der Waals surface area contributed by atoms with Gasteiger partial charge in [-0.3, -0.25) is 14.4 Å². The minimum atomic E-state index is -4.48. The summed E-state index contributed by atoms with van der Waals surface area (Å²) in [5, 5.41) is 15.5. The molecule has 0 radical (unpaired) electrons. The first kappa shape index (κ1) is 33.4. The molecule has 2 aromatic carbocycles. The average Bonchev–Trinajstić information content (AvgIpc) is 3.30. The standard InChI is InChI=1S/C29H38BF3N6O5/c31-29(32,33)18-8-5-17(6-9-18)7-11-24(28(42)37-14-25-21-3-1-2-4-22(21)30(43)44-25)38-27(41)23(36)10-12-26(40)39-15-19(34)13-20(35)16-39/h1-6,8-9,19-20,23-25,43H,7,10-16,34-36H2,(H,37,42)(H,38,41)/t19-,20+,23-,24+,25?/m0/s1. The van der Waals surface area contributed by atoms with E-state index in [0.29, 0.717) is 36.1 Å². The summed E-state index contributed by atoms with van der Waals surface area (Å²) in [6, 6.07) is 8.93. The van der Waals surface area contributed by atoms with Crippen LogP contribution in [0.1, 0.15) is 48.5 Å². The van der Waals surface area contributed by atoms with E-state index in [1.54, 1.807) is 29.2 Å². The first-order valence-corrected chi connectivity index (χ1v) is 14.5. The molecule has 2 aliphatic heterocycles. The third-order valence-electron chi connectivity index (χ3n) is 7.87. The maximum atomic E-state index is 13.3. The molecule has 0 aliphatic carbocycles. The second-order valence-corrected chi connectivity index (χ2v) is 11.3. The van der Waals surface area contributed by atoms with Crippen LogP contribution in [0, 0.1) is 0 Å². The Hall–Kier alpha value is -3.50. The number of alkyl halides is 3. The van der Waals surface area contributed by atoms with Gasteiger partial charge in [0.15, 0.2) is 0 Å². The number of benzene rings is 2. The maximum absolute atomic E-state index is 13.3. The van der Waals surface area contributed by atoms with Gasteiger partial charge in [-0.25, -0.2) is 0 Å². The van der Waals surface area contributed by atoms with E-state index in [-0.39, 0.29) is 50.2 Å². The van der Waals surface area contributed by atoms with Crippen LogP contribution < -0.4 is 33.3 Å². The van der Waals surface area contributed by atoms with Crippen LogP contribution in [0.5, 0.6) is 0 Å². The lowest BCUT2D eigenvalue weighted by Crippen LogP contribution is -2.54. The molecule has 238 valence electrons. The number of aryl methyl sites for hydroxylation is 1. The van der Waals surface area contributed by atoms with E-state index in [2.05, 4.69) is 10.6 Å². The van der Waals surface area contributed by atoms with Gasteiger partial charge in [-0.15, -0.1) is 0 Å². The Kier molecular flexibility index (Phi) is 11.0. The van der Waals surface area contributed by atoms with Crippen LogP contribution >= 0.6 is 0 Å². The Balaban J connectivity index is 1.37. The van der Waals surface area contributed by atoms with E-state index in [1.165, 1.54) is 12.1 Å². The Morgan fingerprint density at radius 3 is 2.34 bits per heavy atom. The molecule has 2 heterocycles. The van der Waals surface area contributed by atoms with Gasteiger partial charge in [-0.2, -0.15) is 13.2 Å². The summed E-state index contributed by atoms with van der Waals surface area (Å²) in [7, 11) is -1.14. The SMILES string of the molecule is N[C@@H]1C[C@H](N)CN(C(=O)CC[C@H](N)C(=O)N[C@H](CCc2ccc(C(F)(F)F)cc2)C(=O)NCC2OB(O)c3ccccc32)C1. The van der Waals surface area contributed by atoms with Gasteiger partial charge in [0.25, 0.3) is 0 Å². The van der Waals surface area contributed by atoms with Crippen molar-refractivity contribution in [1.82, 2.24) is 15.5 Å². The zero-order chi connectivity index (χ0) is 32.0.